The van der Waals surface area contributed by atoms with E-state index < -0.39 is 0 Å². The highest BCUT2D eigenvalue weighted by Crippen LogP contribution is 2.23. The number of fused-ring (bicyclic) bond motifs is 1. The zero-order valence-corrected chi connectivity index (χ0v) is 16.8. The van der Waals surface area contributed by atoms with E-state index in [9.17, 15) is 5.26 Å². The van der Waals surface area contributed by atoms with E-state index in [0.29, 0.717) is 29.6 Å². The zero-order valence-electron chi connectivity index (χ0n) is 16.0. The maximum absolute atomic E-state index is 9.40. The van der Waals surface area contributed by atoms with Gasteiger partial charge >= 0.3 is 0 Å². The lowest BCUT2D eigenvalue weighted by molar-refractivity contribution is 0.400. The van der Waals surface area contributed by atoms with Crippen LogP contribution in [-0.2, 0) is 0 Å². The summed E-state index contributed by atoms with van der Waals surface area (Å²) in [4.78, 5) is 6.69. The fraction of sp³-hybridized carbons (Fsp3) is 0.421. The van der Waals surface area contributed by atoms with Gasteiger partial charge in [0.15, 0.2) is 5.11 Å². The third kappa shape index (κ3) is 6.55. The van der Waals surface area contributed by atoms with E-state index in [1.807, 2.05) is 24.3 Å². The van der Waals surface area contributed by atoms with Gasteiger partial charge in [0.25, 0.3) is 0 Å². The van der Waals surface area contributed by atoms with Crippen LogP contribution in [-0.4, -0.2) is 62.4 Å². The summed E-state index contributed by atoms with van der Waals surface area (Å²) >= 11 is 5.26. The van der Waals surface area contributed by atoms with E-state index in [-0.39, 0.29) is 0 Å². The van der Waals surface area contributed by atoms with Gasteiger partial charge in [0.2, 0.25) is 0 Å². The zero-order chi connectivity index (χ0) is 19.6. The number of pyridine rings is 1. The Bertz CT molecular complexity index is 818. The second kappa shape index (κ2) is 10.5. The molecule has 0 aliphatic carbocycles. The van der Waals surface area contributed by atoms with Crippen molar-refractivity contribution in [3.8, 4) is 11.8 Å². The number of methoxy groups -OCH3 is 1. The summed E-state index contributed by atoms with van der Waals surface area (Å²) in [5, 5.41) is 20.4. The molecule has 0 aliphatic heterocycles. The van der Waals surface area contributed by atoms with E-state index in [1.165, 1.54) is 0 Å². The fourth-order valence-electron chi connectivity index (χ4n) is 2.52. The maximum Gasteiger partial charge on any atom is 0.166 e. The van der Waals surface area contributed by atoms with Crippen LogP contribution in [0.2, 0.25) is 0 Å². The molecule has 144 valence electrons. The predicted octanol–water partition coefficient (Wildman–Crippen LogP) is 1.94. The molecule has 0 atom stereocenters. The van der Waals surface area contributed by atoms with Gasteiger partial charge in [-0.25, -0.2) is 4.98 Å². The van der Waals surface area contributed by atoms with Crippen LogP contribution < -0.4 is 20.7 Å². The van der Waals surface area contributed by atoms with Crippen molar-refractivity contribution < 1.29 is 4.74 Å². The molecule has 1 heterocycles. The van der Waals surface area contributed by atoms with Gasteiger partial charge in [-0.1, -0.05) is 0 Å². The van der Waals surface area contributed by atoms with E-state index in [1.54, 1.807) is 7.11 Å². The van der Waals surface area contributed by atoms with Crippen LogP contribution in [0.4, 0.5) is 5.82 Å². The third-order valence-electron chi connectivity index (χ3n) is 3.91. The molecule has 7 nitrogen and oxygen atoms in total. The molecule has 0 fully saturated rings. The third-order valence-corrected chi connectivity index (χ3v) is 4.20. The normalized spacial score (nSPS) is 10.5. The Balaban J connectivity index is 1.84. The van der Waals surface area contributed by atoms with Gasteiger partial charge in [0.1, 0.15) is 17.6 Å². The summed E-state index contributed by atoms with van der Waals surface area (Å²) in [6.07, 6.45) is 1.03. The molecule has 8 heteroatoms. The van der Waals surface area contributed by atoms with Crippen LogP contribution in [0.25, 0.3) is 10.9 Å². The lowest BCUT2D eigenvalue weighted by Crippen LogP contribution is -2.38. The summed E-state index contributed by atoms with van der Waals surface area (Å²) in [5.41, 5.74) is 1.31. The minimum Gasteiger partial charge on any atom is -0.497 e. The molecule has 1 aromatic heterocycles. The largest absolute Gasteiger partial charge is 0.497 e. The molecule has 2 aromatic rings. The van der Waals surface area contributed by atoms with Crippen molar-refractivity contribution >= 4 is 34.1 Å². The van der Waals surface area contributed by atoms with E-state index >= 15 is 0 Å². The van der Waals surface area contributed by atoms with Crippen molar-refractivity contribution in [2.24, 2.45) is 0 Å². The first-order valence-electron chi connectivity index (χ1n) is 8.82. The summed E-state index contributed by atoms with van der Waals surface area (Å²) in [5.74, 6) is 1.31. The van der Waals surface area contributed by atoms with Gasteiger partial charge in [-0.2, -0.15) is 5.26 Å². The molecule has 0 spiro atoms. The van der Waals surface area contributed by atoms with Crippen molar-refractivity contribution in [3.05, 3.63) is 29.8 Å². The van der Waals surface area contributed by atoms with Gasteiger partial charge in [0, 0.05) is 25.0 Å². The molecule has 1 aromatic carbocycles. The number of benzene rings is 1. The lowest BCUT2D eigenvalue weighted by atomic mass is 10.1. The second-order valence-electron chi connectivity index (χ2n) is 6.32. The number of aromatic nitrogens is 1. The van der Waals surface area contributed by atoms with Crippen molar-refractivity contribution in [1.29, 1.82) is 5.26 Å². The van der Waals surface area contributed by atoms with Crippen molar-refractivity contribution in [2.75, 3.05) is 52.7 Å². The lowest BCUT2D eigenvalue weighted by Gasteiger charge is -2.13. The highest BCUT2D eigenvalue weighted by atomic mass is 32.1. The first-order valence-corrected chi connectivity index (χ1v) is 9.23. The van der Waals surface area contributed by atoms with Crippen LogP contribution in [0, 0.1) is 11.3 Å². The van der Waals surface area contributed by atoms with Crippen LogP contribution in [0.3, 0.4) is 0 Å². The minimum atomic E-state index is 0.500. The molecule has 0 aliphatic rings. The molecule has 27 heavy (non-hydrogen) atoms. The Kier molecular flexibility index (Phi) is 8.04. The molecule has 3 N–H and O–H groups in total. The number of rotatable bonds is 9. The van der Waals surface area contributed by atoms with Crippen molar-refractivity contribution in [2.45, 2.75) is 6.42 Å². The maximum atomic E-state index is 9.40. The molecule has 0 unspecified atom stereocenters. The van der Waals surface area contributed by atoms with E-state index in [0.717, 1.165) is 36.2 Å². The standard InChI is InChI=1S/C19H26N6OS/c1-25(2)10-4-7-22-19(27)23-9-8-21-18-15(13-20)11-14-12-16(26-3)5-6-17(14)24-18/h5-6,11-12H,4,7-10H2,1-3H3,(H,21,24)(H2,22,23,27). The molecule has 2 rings (SSSR count). The Labute approximate surface area is 165 Å². The second-order valence-corrected chi connectivity index (χ2v) is 6.73. The number of nitrogens with zero attached hydrogens (tertiary/aromatic N) is 3. The molecule has 0 saturated heterocycles. The monoisotopic (exact) mass is 386 g/mol. The molecule has 0 amide bonds. The summed E-state index contributed by atoms with van der Waals surface area (Å²) < 4.78 is 5.22. The number of hydrogen-bond acceptors (Lipinski definition) is 6. The Morgan fingerprint density at radius 3 is 2.70 bits per heavy atom. The van der Waals surface area contributed by atoms with Gasteiger partial charge < -0.3 is 25.6 Å². The first-order chi connectivity index (χ1) is 13.0. The SMILES string of the molecule is COc1ccc2nc(NCCNC(=S)NCCCN(C)C)c(C#N)cc2c1. The number of nitrogens with one attached hydrogen (secondary N) is 3. The van der Waals surface area contributed by atoms with E-state index in [2.05, 4.69) is 46.0 Å². The molecule has 0 bridgehead atoms. The van der Waals surface area contributed by atoms with Crippen LogP contribution in [0.15, 0.2) is 24.3 Å². The number of anilines is 1. The number of thiocarbonyl (C=S) groups is 1. The highest BCUT2D eigenvalue weighted by Gasteiger charge is 2.07. The average Bonchev–Trinajstić information content (AvgIpc) is 2.67. The first kappa shape index (κ1) is 20.7. The minimum absolute atomic E-state index is 0.500. The Hall–Kier alpha value is -2.63. The van der Waals surface area contributed by atoms with E-state index in [4.69, 9.17) is 17.0 Å². The van der Waals surface area contributed by atoms with Crippen molar-refractivity contribution in [1.82, 2.24) is 20.5 Å². The summed E-state index contributed by atoms with van der Waals surface area (Å²) in [7, 11) is 5.72. The van der Waals surface area contributed by atoms with Crippen LogP contribution in [0.1, 0.15) is 12.0 Å². The smallest absolute Gasteiger partial charge is 0.166 e. The van der Waals surface area contributed by atoms with Gasteiger partial charge in [0.05, 0.1) is 18.2 Å². The summed E-state index contributed by atoms with van der Waals surface area (Å²) in [6, 6.07) is 9.61. The molecular weight excluding hydrogens is 360 g/mol. The predicted molar refractivity (Wildman–Crippen MR) is 113 cm³/mol. The van der Waals surface area contributed by atoms with Crippen LogP contribution >= 0.6 is 12.2 Å². The molecule has 0 radical (unpaired) electrons. The van der Waals surface area contributed by atoms with Crippen LogP contribution in [0.5, 0.6) is 5.75 Å². The topological polar surface area (TPSA) is 85.2 Å². The highest BCUT2D eigenvalue weighted by molar-refractivity contribution is 7.80. The fourth-order valence-corrected chi connectivity index (χ4v) is 2.72. The number of ether oxygens (including phenoxy) is 1. The molecule has 0 saturated carbocycles. The van der Waals surface area contributed by atoms with Gasteiger partial charge in [-0.05, 0) is 63.5 Å². The van der Waals surface area contributed by atoms with Gasteiger partial charge in [-0.3, -0.25) is 0 Å². The quantitative estimate of drug-likeness (QED) is 0.445. The Morgan fingerprint density at radius 1 is 1.22 bits per heavy atom. The Morgan fingerprint density at radius 2 is 2.00 bits per heavy atom. The van der Waals surface area contributed by atoms with Gasteiger partial charge in [-0.15, -0.1) is 0 Å². The number of hydrogen-bond donors (Lipinski definition) is 3. The average molecular weight is 387 g/mol. The van der Waals surface area contributed by atoms with Crippen molar-refractivity contribution in [3.63, 3.8) is 0 Å². The molecular formula is C19H26N6OS. The summed E-state index contributed by atoms with van der Waals surface area (Å²) in [6.45, 7) is 3.09. The number of nitriles is 1.